The molecule has 0 aliphatic rings. The minimum absolute atomic E-state index is 0.280. The van der Waals surface area contributed by atoms with Crippen LogP contribution >= 0.6 is 0 Å². The largest absolute Gasteiger partial charge is 0.466 e. The summed E-state index contributed by atoms with van der Waals surface area (Å²) in [6, 6.07) is 3.52. The van der Waals surface area contributed by atoms with Crippen molar-refractivity contribution in [1.82, 2.24) is 0 Å². The van der Waals surface area contributed by atoms with Crippen LogP contribution in [0, 0.1) is 11.6 Å². The molecule has 0 fully saturated rings. The summed E-state index contributed by atoms with van der Waals surface area (Å²) in [5.74, 6) is -2.75. The smallest absolute Gasteiger partial charge is 0.313 e. The molecule has 1 aromatic carbocycles. The van der Waals surface area contributed by atoms with Gasteiger partial charge >= 0.3 is 5.97 Å². The van der Waals surface area contributed by atoms with E-state index in [-0.39, 0.29) is 12.6 Å². The van der Waals surface area contributed by atoms with Crippen LogP contribution in [0.2, 0.25) is 0 Å². The SMILES string of the molecule is CCCC(C(=O)OCC)c1ccc(F)c(F)c1. The predicted molar refractivity (Wildman–Crippen MR) is 60.6 cm³/mol. The Morgan fingerprint density at radius 3 is 2.53 bits per heavy atom. The van der Waals surface area contributed by atoms with Gasteiger partial charge in [-0.3, -0.25) is 4.79 Å². The second kappa shape index (κ2) is 6.33. The van der Waals surface area contributed by atoms with Crippen molar-refractivity contribution in [3.63, 3.8) is 0 Å². The molecule has 1 atom stereocenters. The highest BCUT2D eigenvalue weighted by Gasteiger charge is 2.22. The van der Waals surface area contributed by atoms with Crippen LogP contribution < -0.4 is 0 Å². The van der Waals surface area contributed by atoms with Crippen LogP contribution in [0.3, 0.4) is 0 Å². The summed E-state index contributed by atoms with van der Waals surface area (Å²) < 4.78 is 30.8. The van der Waals surface area contributed by atoms with E-state index >= 15 is 0 Å². The van der Waals surface area contributed by atoms with Gasteiger partial charge in [0.1, 0.15) is 0 Å². The maximum absolute atomic E-state index is 13.1. The summed E-state index contributed by atoms with van der Waals surface area (Å²) in [6.07, 6.45) is 1.33. The topological polar surface area (TPSA) is 26.3 Å². The first kappa shape index (κ1) is 13.6. The molecular formula is C13H16F2O2. The molecule has 0 saturated heterocycles. The molecule has 0 radical (unpaired) electrons. The van der Waals surface area contributed by atoms with E-state index in [2.05, 4.69) is 0 Å². The third kappa shape index (κ3) is 3.51. The Labute approximate surface area is 99.6 Å². The van der Waals surface area contributed by atoms with Crippen LogP contribution in [0.5, 0.6) is 0 Å². The maximum Gasteiger partial charge on any atom is 0.313 e. The lowest BCUT2D eigenvalue weighted by Crippen LogP contribution is -2.16. The molecule has 4 heteroatoms. The van der Waals surface area contributed by atoms with Gasteiger partial charge < -0.3 is 4.74 Å². The predicted octanol–water partition coefficient (Wildman–Crippen LogP) is 3.41. The van der Waals surface area contributed by atoms with Crippen LogP contribution in [0.25, 0.3) is 0 Å². The molecule has 17 heavy (non-hydrogen) atoms. The lowest BCUT2D eigenvalue weighted by Gasteiger charge is -2.15. The number of halogens is 2. The maximum atomic E-state index is 13.1. The van der Waals surface area contributed by atoms with Gasteiger partial charge in [-0.05, 0) is 31.0 Å². The van der Waals surface area contributed by atoms with Gasteiger partial charge in [0.05, 0.1) is 12.5 Å². The highest BCUT2D eigenvalue weighted by Crippen LogP contribution is 2.24. The molecule has 2 nitrogen and oxygen atoms in total. The second-order valence-corrected chi connectivity index (χ2v) is 3.77. The molecule has 0 aliphatic carbocycles. The molecule has 0 aromatic heterocycles. The summed E-state index contributed by atoms with van der Waals surface area (Å²) in [5, 5.41) is 0. The fraction of sp³-hybridized carbons (Fsp3) is 0.462. The highest BCUT2D eigenvalue weighted by molar-refractivity contribution is 5.78. The molecule has 0 aliphatic heterocycles. The molecule has 0 bridgehead atoms. The molecular weight excluding hydrogens is 226 g/mol. The van der Waals surface area contributed by atoms with Crippen LogP contribution in [0.1, 0.15) is 38.2 Å². The molecule has 1 unspecified atom stereocenters. The van der Waals surface area contributed by atoms with E-state index in [4.69, 9.17) is 4.74 Å². The molecule has 0 amide bonds. The Balaban J connectivity index is 2.96. The Morgan fingerprint density at radius 2 is 2.00 bits per heavy atom. The van der Waals surface area contributed by atoms with Crippen molar-refractivity contribution in [3.05, 3.63) is 35.4 Å². The van der Waals surface area contributed by atoms with Gasteiger partial charge in [-0.2, -0.15) is 0 Å². The van der Waals surface area contributed by atoms with Crippen molar-refractivity contribution in [2.45, 2.75) is 32.6 Å². The Morgan fingerprint density at radius 1 is 1.29 bits per heavy atom. The Hall–Kier alpha value is -1.45. The van der Waals surface area contributed by atoms with Crippen molar-refractivity contribution in [1.29, 1.82) is 0 Å². The number of benzene rings is 1. The van der Waals surface area contributed by atoms with Gasteiger partial charge in [-0.1, -0.05) is 19.4 Å². The lowest BCUT2D eigenvalue weighted by atomic mass is 9.94. The van der Waals surface area contributed by atoms with Crippen molar-refractivity contribution >= 4 is 5.97 Å². The first-order valence-corrected chi connectivity index (χ1v) is 5.71. The van der Waals surface area contributed by atoms with E-state index in [0.29, 0.717) is 12.0 Å². The number of esters is 1. The Kier molecular flexibility index (Phi) is 5.07. The summed E-state index contributed by atoms with van der Waals surface area (Å²) in [5.41, 5.74) is 0.462. The zero-order chi connectivity index (χ0) is 12.8. The number of hydrogen-bond acceptors (Lipinski definition) is 2. The first-order chi connectivity index (χ1) is 8.10. The number of ether oxygens (including phenoxy) is 1. The van der Waals surface area contributed by atoms with E-state index in [0.717, 1.165) is 18.6 Å². The monoisotopic (exact) mass is 242 g/mol. The first-order valence-electron chi connectivity index (χ1n) is 5.71. The van der Waals surface area contributed by atoms with Gasteiger partial charge in [0, 0.05) is 0 Å². The molecule has 0 N–H and O–H groups in total. The zero-order valence-corrected chi connectivity index (χ0v) is 10.0. The molecule has 0 spiro atoms. The standard InChI is InChI=1S/C13H16F2O2/c1-3-5-10(13(16)17-4-2)9-6-7-11(14)12(15)8-9/h6-8,10H,3-5H2,1-2H3. The fourth-order valence-corrected chi connectivity index (χ4v) is 1.68. The van der Waals surface area contributed by atoms with Gasteiger partial charge in [-0.15, -0.1) is 0 Å². The fourth-order valence-electron chi connectivity index (χ4n) is 1.68. The summed E-state index contributed by atoms with van der Waals surface area (Å²) in [4.78, 5) is 11.7. The van der Waals surface area contributed by atoms with Gasteiger partial charge in [0.25, 0.3) is 0 Å². The summed E-state index contributed by atoms with van der Waals surface area (Å²) in [6.45, 7) is 3.92. The van der Waals surface area contributed by atoms with Crippen molar-refractivity contribution in [2.75, 3.05) is 6.61 Å². The molecule has 94 valence electrons. The molecule has 1 aromatic rings. The van der Waals surface area contributed by atoms with Gasteiger partial charge in [-0.25, -0.2) is 8.78 Å². The minimum Gasteiger partial charge on any atom is -0.466 e. The van der Waals surface area contributed by atoms with Gasteiger partial charge in [0.15, 0.2) is 11.6 Å². The van der Waals surface area contributed by atoms with E-state index < -0.39 is 17.6 Å². The van der Waals surface area contributed by atoms with Gasteiger partial charge in [0.2, 0.25) is 0 Å². The van der Waals surface area contributed by atoms with Crippen LogP contribution in [-0.2, 0) is 9.53 Å². The van der Waals surface area contributed by atoms with Crippen molar-refractivity contribution in [2.24, 2.45) is 0 Å². The summed E-state index contributed by atoms with van der Waals surface area (Å²) >= 11 is 0. The van der Waals surface area contributed by atoms with E-state index in [1.165, 1.54) is 6.07 Å². The normalized spacial score (nSPS) is 12.2. The number of hydrogen-bond donors (Lipinski definition) is 0. The highest BCUT2D eigenvalue weighted by atomic mass is 19.2. The van der Waals surface area contributed by atoms with Crippen LogP contribution in [0.15, 0.2) is 18.2 Å². The molecule has 0 heterocycles. The third-order valence-electron chi connectivity index (χ3n) is 2.49. The van der Waals surface area contributed by atoms with Crippen molar-refractivity contribution < 1.29 is 18.3 Å². The number of carbonyl (C=O) groups is 1. The van der Waals surface area contributed by atoms with E-state index in [9.17, 15) is 13.6 Å². The lowest BCUT2D eigenvalue weighted by molar-refractivity contribution is -0.145. The quantitative estimate of drug-likeness (QED) is 0.739. The van der Waals surface area contributed by atoms with Crippen LogP contribution in [-0.4, -0.2) is 12.6 Å². The number of rotatable bonds is 5. The average molecular weight is 242 g/mol. The third-order valence-corrected chi connectivity index (χ3v) is 2.49. The summed E-state index contributed by atoms with van der Waals surface area (Å²) in [7, 11) is 0. The molecule has 0 saturated carbocycles. The molecule has 1 rings (SSSR count). The number of carbonyl (C=O) groups excluding carboxylic acids is 1. The zero-order valence-electron chi connectivity index (χ0n) is 10.0. The van der Waals surface area contributed by atoms with E-state index in [1.54, 1.807) is 6.92 Å². The van der Waals surface area contributed by atoms with E-state index in [1.807, 2.05) is 6.92 Å². The average Bonchev–Trinajstić information content (AvgIpc) is 2.30. The van der Waals surface area contributed by atoms with Crippen molar-refractivity contribution in [3.8, 4) is 0 Å². The van der Waals surface area contributed by atoms with Crippen LogP contribution in [0.4, 0.5) is 8.78 Å². The second-order valence-electron chi connectivity index (χ2n) is 3.77. The minimum atomic E-state index is -0.937. The Bertz CT molecular complexity index is 391.